The second-order valence-corrected chi connectivity index (χ2v) is 4.76. The lowest BCUT2D eigenvalue weighted by atomic mass is 9.89. The zero-order valence-corrected chi connectivity index (χ0v) is 11.2. The Morgan fingerprint density at radius 2 is 1.29 bits per heavy atom. The molecule has 0 N–H and O–H groups in total. The summed E-state index contributed by atoms with van der Waals surface area (Å²) in [7, 11) is 0. The van der Waals surface area contributed by atoms with Crippen LogP contribution in [0.25, 0.3) is 0 Å². The molecule has 2 nitrogen and oxygen atoms in total. The van der Waals surface area contributed by atoms with Gasteiger partial charge in [-0.25, -0.2) is 0 Å². The van der Waals surface area contributed by atoms with E-state index in [1.165, 1.54) is 32.1 Å². The largest absolute Gasteiger partial charge is 0.501 e. The van der Waals surface area contributed by atoms with Crippen molar-refractivity contribution in [3.8, 4) is 0 Å². The van der Waals surface area contributed by atoms with E-state index in [2.05, 4.69) is 0 Å². The van der Waals surface area contributed by atoms with Crippen LogP contribution in [0.4, 0.5) is 0 Å². The van der Waals surface area contributed by atoms with Crippen molar-refractivity contribution in [2.75, 3.05) is 13.2 Å². The van der Waals surface area contributed by atoms with Crippen LogP contribution < -0.4 is 0 Å². The summed E-state index contributed by atoms with van der Waals surface area (Å²) in [6.45, 7) is 5.65. The number of hydrogen-bond donors (Lipinski definition) is 0. The lowest BCUT2D eigenvalue weighted by molar-refractivity contribution is 0.0953. The molecule has 0 aromatic rings. The van der Waals surface area contributed by atoms with Crippen LogP contribution in [-0.4, -0.2) is 13.2 Å². The molecule has 0 bridgehead atoms. The van der Waals surface area contributed by atoms with Crippen LogP contribution >= 0.6 is 0 Å². The van der Waals surface area contributed by atoms with E-state index in [1.54, 1.807) is 12.5 Å². The minimum Gasteiger partial charge on any atom is -0.501 e. The molecule has 0 aromatic carbocycles. The molecule has 1 aliphatic rings. The minimum absolute atomic E-state index is 0.652. The molecule has 2 unspecified atom stereocenters. The quantitative estimate of drug-likeness (QED) is 0.508. The predicted octanol–water partition coefficient (Wildman–Crippen LogP) is 4.28. The smallest absolute Gasteiger partial charge is 0.0905 e. The van der Waals surface area contributed by atoms with Crippen molar-refractivity contribution < 1.29 is 9.47 Å². The van der Waals surface area contributed by atoms with Crippen molar-refractivity contribution in [3.05, 3.63) is 24.7 Å². The number of hydrogen-bond acceptors (Lipinski definition) is 2. The monoisotopic (exact) mass is 238 g/mol. The average Bonchev–Trinajstić information content (AvgIpc) is 2.56. The van der Waals surface area contributed by atoms with Crippen LogP contribution in [0.1, 0.15) is 46.0 Å². The van der Waals surface area contributed by atoms with Crippen LogP contribution in [0.3, 0.4) is 0 Å². The number of ether oxygens (including phenoxy) is 2. The molecule has 1 fully saturated rings. The highest BCUT2D eigenvalue weighted by atomic mass is 16.5. The van der Waals surface area contributed by atoms with Gasteiger partial charge in [0.05, 0.1) is 25.7 Å². The van der Waals surface area contributed by atoms with Gasteiger partial charge in [0.1, 0.15) is 0 Å². The molecule has 2 heteroatoms. The molecule has 0 amide bonds. The van der Waals surface area contributed by atoms with Gasteiger partial charge in [0.15, 0.2) is 0 Å². The Morgan fingerprint density at radius 1 is 0.824 bits per heavy atom. The molecular formula is C15H26O2. The fourth-order valence-corrected chi connectivity index (χ4v) is 2.45. The van der Waals surface area contributed by atoms with Crippen LogP contribution in [0.5, 0.6) is 0 Å². The number of rotatable bonds is 6. The summed E-state index contributed by atoms with van der Waals surface area (Å²) in [5.74, 6) is 1.30. The Hall–Kier alpha value is -0.920. The van der Waals surface area contributed by atoms with E-state index >= 15 is 0 Å². The highest BCUT2D eigenvalue weighted by Crippen LogP contribution is 2.29. The topological polar surface area (TPSA) is 18.5 Å². The first-order valence-electron chi connectivity index (χ1n) is 6.84. The third-order valence-electron chi connectivity index (χ3n) is 3.40. The second kappa shape index (κ2) is 9.15. The summed E-state index contributed by atoms with van der Waals surface area (Å²) in [6, 6.07) is 0. The Labute approximate surface area is 106 Å². The van der Waals surface area contributed by atoms with Crippen molar-refractivity contribution in [1.29, 1.82) is 0 Å². The third-order valence-corrected chi connectivity index (χ3v) is 3.40. The van der Waals surface area contributed by atoms with E-state index < -0.39 is 0 Å². The summed E-state index contributed by atoms with van der Waals surface area (Å²) in [4.78, 5) is 0. The van der Waals surface area contributed by atoms with Gasteiger partial charge in [-0.3, -0.25) is 0 Å². The molecule has 1 aliphatic carbocycles. The molecule has 0 spiro atoms. The first kappa shape index (κ1) is 14.1. The van der Waals surface area contributed by atoms with Crippen molar-refractivity contribution in [2.45, 2.75) is 46.0 Å². The molecule has 0 saturated heterocycles. The lowest BCUT2D eigenvalue weighted by Gasteiger charge is -2.23. The third kappa shape index (κ3) is 5.81. The van der Waals surface area contributed by atoms with Gasteiger partial charge in [0.2, 0.25) is 0 Å². The maximum absolute atomic E-state index is 5.56. The standard InChI is InChI=1S/C15H26O2/c1-3-10-16-12-14-8-6-5-7-9-15(14)13-17-11-4-2/h3-4,10-11,14-15H,5-9,12-13H2,1-2H3. The van der Waals surface area contributed by atoms with E-state index in [1.807, 2.05) is 26.0 Å². The Bertz CT molecular complexity index is 209. The summed E-state index contributed by atoms with van der Waals surface area (Å²) in [5.41, 5.74) is 0. The van der Waals surface area contributed by atoms with E-state index in [-0.39, 0.29) is 0 Å². The van der Waals surface area contributed by atoms with Gasteiger partial charge in [-0.1, -0.05) is 31.4 Å². The molecule has 0 aliphatic heterocycles. The van der Waals surface area contributed by atoms with Crippen LogP contribution in [-0.2, 0) is 9.47 Å². The van der Waals surface area contributed by atoms with Crippen molar-refractivity contribution in [1.82, 2.24) is 0 Å². The molecule has 1 rings (SSSR count). The summed E-state index contributed by atoms with van der Waals surface area (Å²) < 4.78 is 11.1. The van der Waals surface area contributed by atoms with Gasteiger partial charge in [-0.15, -0.1) is 0 Å². The molecule has 17 heavy (non-hydrogen) atoms. The fraction of sp³-hybridized carbons (Fsp3) is 0.733. The molecule has 98 valence electrons. The Kier molecular flexibility index (Phi) is 7.61. The predicted molar refractivity (Wildman–Crippen MR) is 71.6 cm³/mol. The minimum atomic E-state index is 0.652. The SMILES string of the molecule is CC=COCC1CCCCCC1COC=CC. The normalized spacial score (nSPS) is 26.2. The molecular weight excluding hydrogens is 212 g/mol. The zero-order valence-electron chi connectivity index (χ0n) is 11.2. The first-order chi connectivity index (χ1) is 8.38. The Morgan fingerprint density at radius 3 is 1.71 bits per heavy atom. The van der Waals surface area contributed by atoms with Gasteiger partial charge in [-0.05, 0) is 38.5 Å². The lowest BCUT2D eigenvalue weighted by Crippen LogP contribution is -2.22. The van der Waals surface area contributed by atoms with Crippen LogP contribution in [0.2, 0.25) is 0 Å². The van der Waals surface area contributed by atoms with E-state index in [0.29, 0.717) is 11.8 Å². The molecule has 0 radical (unpaired) electrons. The molecule has 0 aromatic heterocycles. The van der Waals surface area contributed by atoms with Crippen LogP contribution in [0.15, 0.2) is 24.7 Å². The van der Waals surface area contributed by atoms with Crippen LogP contribution in [0, 0.1) is 11.8 Å². The van der Waals surface area contributed by atoms with E-state index in [4.69, 9.17) is 9.47 Å². The maximum atomic E-state index is 5.56. The average molecular weight is 238 g/mol. The van der Waals surface area contributed by atoms with Crippen molar-refractivity contribution in [2.24, 2.45) is 11.8 Å². The van der Waals surface area contributed by atoms with E-state index in [0.717, 1.165) is 13.2 Å². The summed E-state index contributed by atoms with van der Waals surface area (Å²) in [5, 5.41) is 0. The van der Waals surface area contributed by atoms with Gasteiger partial charge in [-0.2, -0.15) is 0 Å². The molecule has 0 heterocycles. The highest BCUT2D eigenvalue weighted by Gasteiger charge is 2.24. The summed E-state index contributed by atoms with van der Waals surface area (Å²) >= 11 is 0. The first-order valence-corrected chi connectivity index (χ1v) is 6.84. The molecule has 1 saturated carbocycles. The van der Waals surface area contributed by atoms with Gasteiger partial charge in [0, 0.05) is 0 Å². The fourth-order valence-electron chi connectivity index (χ4n) is 2.45. The Balaban J connectivity index is 2.40. The number of allylic oxidation sites excluding steroid dienone is 2. The van der Waals surface area contributed by atoms with Crippen molar-refractivity contribution >= 4 is 0 Å². The zero-order chi connectivity index (χ0) is 12.3. The highest BCUT2D eigenvalue weighted by molar-refractivity contribution is 4.77. The maximum Gasteiger partial charge on any atom is 0.0905 e. The second-order valence-electron chi connectivity index (χ2n) is 4.76. The van der Waals surface area contributed by atoms with Gasteiger partial charge < -0.3 is 9.47 Å². The summed E-state index contributed by atoms with van der Waals surface area (Å²) in [6.07, 6.45) is 14.1. The van der Waals surface area contributed by atoms with Gasteiger partial charge in [0.25, 0.3) is 0 Å². The van der Waals surface area contributed by atoms with Crippen molar-refractivity contribution in [3.63, 3.8) is 0 Å². The van der Waals surface area contributed by atoms with Gasteiger partial charge >= 0.3 is 0 Å². The molecule has 2 atom stereocenters. The van der Waals surface area contributed by atoms with E-state index in [9.17, 15) is 0 Å².